The molecule has 0 radical (unpaired) electrons. The summed E-state index contributed by atoms with van der Waals surface area (Å²) in [4.78, 5) is 0. The molecule has 2 aliphatic rings. The van der Waals surface area contributed by atoms with Gasteiger partial charge in [0.05, 0.1) is 11.7 Å². The van der Waals surface area contributed by atoms with Gasteiger partial charge in [0.2, 0.25) is 0 Å². The normalized spacial score (nSPS) is 24.4. The van der Waals surface area contributed by atoms with Gasteiger partial charge in [-0.25, -0.2) is 0 Å². The van der Waals surface area contributed by atoms with Crippen molar-refractivity contribution in [3.63, 3.8) is 0 Å². The maximum atomic E-state index is 11.1. The summed E-state index contributed by atoms with van der Waals surface area (Å²) < 4.78 is 5.86. The first-order valence-electron chi connectivity index (χ1n) is 7.79. The lowest BCUT2D eigenvalue weighted by molar-refractivity contribution is 0.0220. The van der Waals surface area contributed by atoms with E-state index >= 15 is 0 Å². The van der Waals surface area contributed by atoms with Crippen LogP contribution >= 0.6 is 0 Å². The molecular weight excluding hydrogens is 260 g/mol. The molecule has 0 heterocycles. The van der Waals surface area contributed by atoms with E-state index in [1.54, 1.807) is 0 Å². The SMILES string of the molecule is OC1(c2cccc(OC3CC3)c2)CCc2ccccc2C1. The summed E-state index contributed by atoms with van der Waals surface area (Å²) in [6.07, 6.45) is 5.10. The smallest absolute Gasteiger partial charge is 0.120 e. The minimum atomic E-state index is -0.767. The maximum absolute atomic E-state index is 11.1. The Hall–Kier alpha value is -1.80. The molecule has 0 aliphatic heterocycles. The van der Waals surface area contributed by atoms with E-state index in [9.17, 15) is 5.11 Å². The van der Waals surface area contributed by atoms with E-state index < -0.39 is 5.60 Å². The van der Waals surface area contributed by atoms with Crippen LogP contribution in [-0.4, -0.2) is 11.2 Å². The zero-order chi connectivity index (χ0) is 14.3. The van der Waals surface area contributed by atoms with Crippen LogP contribution in [0.5, 0.6) is 5.75 Å². The second-order valence-corrected chi connectivity index (χ2v) is 6.32. The van der Waals surface area contributed by atoms with Gasteiger partial charge < -0.3 is 9.84 Å². The third kappa shape index (κ3) is 2.56. The van der Waals surface area contributed by atoms with Crippen LogP contribution in [-0.2, 0) is 18.4 Å². The molecule has 1 N–H and O–H groups in total. The van der Waals surface area contributed by atoms with Gasteiger partial charge in [-0.3, -0.25) is 0 Å². The fourth-order valence-corrected chi connectivity index (χ4v) is 3.20. The molecule has 0 aromatic heterocycles. The Balaban J connectivity index is 1.63. The lowest BCUT2D eigenvalue weighted by Crippen LogP contribution is -2.33. The van der Waals surface area contributed by atoms with Crippen molar-refractivity contribution >= 4 is 0 Å². The highest BCUT2D eigenvalue weighted by molar-refractivity contribution is 5.38. The topological polar surface area (TPSA) is 29.5 Å². The number of rotatable bonds is 3. The highest BCUT2D eigenvalue weighted by Crippen LogP contribution is 2.38. The summed E-state index contributed by atoms with van der Waals surface area (Å²) in [6.45, 7) is 0. The maximum Gasteiger partial charge on any atom is 0.120 e. The van der Waals surface area contributed by atoms with E-state index in [2.05, 4.69) is 24.3 Å². The molecule has 0 spiro atoms. The Morgan fingerprint density at radius 2 is 1.81 bits per heavy atom. The summed E-state index contributed by atoms with van der Waals surface area (Å²) in [5, 5.41) is 11.1. The number of benzene rings is 2. The zero-order valence-electron chi connectivity index (χ0n) is 12.1. The van der Waals surface area contributed by atoms with Crippen LogP contribution in [0.3, 0.4) is 0 Å². The second kappa shape index (κ2) is 4.88. The average molecular weight is 280 g/mol. The number of fused-ring (bicyclic) bond motifs is 1. The predicted molar refractivity (Wildman–Crippen MR) is 82.5 cm³/mol. The summed E-state index contributed by atoms with van der Waals surface area (Å²) in [6, 6.07) is 16.4. The van der Waals surface area contributed by atoms with Gasteiger partial charge in [0.25, 0.3) is 0 Å². The van der Waals surface area contributed by atoms with Gasteiger partial charge in [0.1, 0.15) is 5.75 Å². The summed E-state index contributed by atoms with van der Waals surface area (Å²) in [7, 11) is 0. The third-order valence-corrected chi connectivity index (χ3v) is 4.61. The van der Waals surface area contributed by atoms with E-state index in [-0.39, 0.29) is 0 Å². The molecular formula is C19H20O2. The molecule has 1 fully saturated rings. The van der Waals surface area contributed by atoms with E-state index in [0.29, 0.717) is 12.5 Å². The van der Waals surface area contributed by atoms with Crippen molar-refractivity contribution < 1.29 is 9.84 Å². The van der Waals surface area contributed by atoms with Crippen LogP contribution in [0.1, 0.15) is 36.0 Å². The van der Waals surface area contributed by atoms with E-state index in [1.807, 2.05) is 24.3 Å². The fraction of sp³-hybridized carbons (Fsp3) is 0.368. The van der Waals surface area contributed by atoms with Crippen molar-refractivity contribution in [3.05, 3.63) is 65.2 Å². The zero-order valence-corrected chi connectivity index (χ0v) is 12.1. The lowest BCUT2D eigenvalue weighted by atomic mass is 9.76. The Morgan fingerprint density at radius 1 is 1.00 bits per heavy atom. The van der Waals surface area contributed by atoms with Crippen molar-refractivity contribution in [2.24, 2.45) is 0 Å². The quantitative estimate of drug-likeness (QED) is 0.930. The van der Waals surface area contributed by atoms with E-state index in [1.165, 1.54) is 11.1 Å². The highest BCUT2D eigenvalue weighted by atomic mass is 16.5. The number of hydrogen-bond acceptors (Lipinski definition) is 2. The minimum absolute atomic E-state index is 0.391. The molecule has 108 valence electrons. The van der Waals surface area contributed by atoms with Crippen molar-refractivity contribution in [3.8, 4) is 5.75 Å². The Labute approximate surface area is 125 Å². The third-order valence-electron chi connectivity index (χ3n) is 4.61. The van der Waals surface area contributed by atoms with Gasteiger partial charge in [-0.2, -0.15) is 0 Å². The number of hydrogen-bond donors (Lipinski definition) is 1. The standard InChI is InChI=1S/C19H20O2/c20-19(11-10-14-4-1-2-5-15(14)13-19)16-6-3-7-18(12-16)21-17-8-9-17/h1-7,12,17,20H,8-11,13H2. The first-order valence-corrected chi connectivity index (χ1v) is 7.79. The van der Waals surface area contributed by atoms with Crippen LogP contribution in [0, 0.1) is 0 Å². The predicted octanol–water partition coefficient (Wildman–Crippen LogP) is 3.60. The first-order chi connectivity index (χ1) is 10.2. The van der Waals surface area contributed by atoms with Crippen molar-refractivity contribution in [2.75, 3.05) is 0 Å². The molecule has 0 amide bonds. The van der Waals surface area contributed by atoms with Crippen LogP contribution < -0.4 is 4.74 Å². The molecule has 2 aromatic carbocycles. The van der Waals surface area contributed by atoms with Crippen LogP contribution in [0.2, 0.25) is 0 Å². The van der Waals surface area contributed by atoms with Crippen LogP contribution in [0.15, 0.2) is 48.5 Å². The van der Waals surface area contributed by atoms with Crippen molar-refractivity contribution in [1.29, 1.82) is 0 Å². The van der Waals surface area contributed by atoms with Gasteiger partial charge >= 0.3 is 0 Å². The number of ether oxygens (including phenoxy) is 1. The molecule has 2 aliphatic carbocycles. The first kappa shape index (κ1) is 12.9. The summed E-state index contributed by atoms with van der Waals surface area (Å²) >= 11 is 0. The van der Waals surface area contributed by atoms with Gasteiger partial charge in [-0.1, -0.05) is 36.4 Å². The molecule has 1 unspecified atom stereocenters. The largest absolute Gasteiger partial charge is 0.490 e. The average Bonchev–Trinajstić information content (AvgIpc) is 3.31. The Morgan fingerprint density at radius 3 is 2.62 bits per heavy atom. The Bertz CT molecular complexity index is 660. The molecule has 21 heavy (non-hydrogen) atoms. The lowest BCUT2D eigenvalue weighted by Gasteiger charge is -2.34. The summed E-state index contributed by atoms with van der Waals surface area (Å²) in [5.41, 5.74) is 2.85. The molecule has 2 aromatic rings. The molecule has 0 bridgehead atoms. The van der Waals surface area contributed by atoms with Crippen molar-refractivity contribution in [1.82, 2.24) is 0 Å². The van der Waals surface area contributed by atoms with Gasteiger partial charge in [-0.05, 0) is 54.5 Å². The van der Waals surface area contributed by atoms with Gasteiger partial charge in [-0.15, -0.1) is 0 Å². The monoisotopic (exact) mass is 280 g/mol. The molecule has 1 atom stereocenters. The minimum Gasteiger partial charge on any atom is -0.490 e. The van der Waals surface area contributed by atoms with E-state index in [4.69, 9.17) is 4.74 Å². The molecule has 4 rings (SSSR count). The Kier molecular flexibility index (Phi) is 3.00. The fourth-order valence-electron chi connectivity index (χ4n) is 3.20. The van der Waals surface area contributed by atoms with Gasteiger partial charge in [0.15, 0.2) is 0 Å². The number of aliphatic hydroxyl groups is 1. The molecule has 0 saturated heterocycles. The van der Waals surface area contributed by atoms with Crippen LogP contribution in [0.4, 0.5) is 0 Å². The second-order valence-electron chi connectivity index (χ2n) is 6.32. The molecule has 1 saturated carbocycles. The molecule has 2 nitrogen and oxygen atoms in total. The van der Waals surface area contributed by atoms with Crippen molar-refractivity contribution in [2.45, 2.75) is 43.8 Å². The highest BCUT2D eigenvalue weighted by Gasteiger charge is 2.34. The van der Waals surface area contributed by atoms with Gasteiger partial charge in [0, 0.05) is 6.42 Å². The van der Waals surface area contributed by atoms with E-state index in [0.717, 1.165) is 37.0 Å². The number of aryl methyl sites for hydroxylation is 1. The van der Waals surface area contributed by atoms with Crippen LogP contribution in [0.25, 0.3) is 0 Å². The molecule has 2 heteroatoms. The summed E-state index contributed by atoms with van der Waals surface area (Å²) in [5.74, 6) is 0.891.